The highest BCUT2D eigenvalue weighted by atomic mass is 16.2. The normalized spacial score (nSPS) is 15.0. The number of fused-ring (bicyclic) bond motifs is 1. The number of amides is 3. The molecular formula is C16H13N5O2. The average molecular weight is 307 g/mol. The number of urea groups is 1. The lowest BCUT2D eigenvalue weighted by Gasteiger charge is -2.26. The fourth-order valence-corrected chi connectivity index (χ4v) is 2.69. The third-order valence-electron chi connectivity index (χ3n) is 3.81. The molecule has 114 valence electrons. The van der Waals surface area contributed by atoms with Crippen LogP contribution in [-0.2, 0) is 4.79 Å². The molecule has 2 aromatic heterocycles. The lowest BCUT2D eigenvalue weighted by molar-refractivity contribution is -0.120. The molecule has 1 aliphatic heterocycles. The van der Waals surface area contributed by atoms with Crippen LogP contribution in [0, 0.1) is 0 Å². The molecule has 0 spiro atoms. The van der Waals surface area contributed by atoms with Crippen molar-refractivity contribution < 1.29 is 9.59 Å². The fourth-order valence-electron chi connectivity index (χ4n) is 2.69. The summed E-state index contributed by atoms with van der Waals surface area (Å²) >= 11 is 0. The molecule has 7 nitrogen and oxygen atoms in total. The molecule has 3 amide bonds. The molecule has 1 aromatic carbocycles. The van der Waals surface area contributed by atoms with Crippen molar-refractivity contribution in [3.8, 4) is 5.95 Å². The minimum Gasteiger partial charge on any atom is -0.294 e. The minimum atomic E-state index is -0.394. The van der Waals surface area contributed by atoms with E-state index in [1.165, 1.54) is 0 Å². The van der Waals surface area contributed by atoms with E-state index in [1.807, 2.05) is 35.0 Å². The monoisotopic (exact) mass is 307 g/mol. The third-order valence-corrected chi connectivity index (χ3v) is 3.81. The van der Waals surface area contributed by atoms with Gasteiger partial charge in [-0.2, -0.15) is 0 Å². The Kier molecular flexibility index (Phi) is 3.04. The summed E-state index contributed by atoms with van der Waals surface area (Å²) in [5.74, 6) is 0.325. The number of benzene rings is 1. The number of carbonyl (C=O) groups excluding carboxylic acids is 2. The van der Waals surface area contributed by atoms with Crippen molar-refractivity contribution in [2.45, 2.75) is 6.42 Å². The van der Waals surface area contributed by atoms with Crippen molar-refractivity contribution in [3.05, 3.63) is 48.9 Å². The first-order valence-corrected chi connectivity index (χ1v) is 7.22. The Morgan fingerprint density at radius 3 is 2.70 bits per heavy atom. The number of aromatic nitrogens is 3. The van der Waals surface area contributed by atoms with Gasteiger partial charge in [0.2, 0.25) is 11.9 Å². The van der Waals surface area contributed by atoms with Gasteiger partial charge in [0.15, 0.2) is 0 Å². The maximum Gasteiger partial charge on any atom is 0.328 e. The molecule has 0 bridgehead atoms. The maximum atomic E-state index is 12.0. The van der Waals surface area contributed by atoms with E-state index in [-0.39, 0.29) is 5.91 Å². The van der Waals surface area contributed by atoms with Gasteiger partial charge < -0.3 is 0 Å². The van der Waals surface area contributed by atoms with Crippen molar-refractivity contribution in [1.29, 1.82) is 0 Å². The second-order valence-electron chi connectivity index (χ2n) is 5.23. The summed E-state index contributed by atoms with van der Waals surface area (Å²) in [7, 11) is 0. The zero-order chi connectivity index (χ0) is 15.8. The highest BCUT2D eigenvalue weighted by Gasteiger charge is 2.24. The molecule has 0 radical (unpaired) electrons. The van der Waals surface area contributed by atoms with Crippen LogP contribution in [0.5, 0.6) is 0 Å². The first-order chi connectivity index (χ1) is 11.2. The van der Waals surface area contributed by atoms with E-state index in [9.17, 15) is 9.59 Å². The molecule has 0 unspecified atom stereocenters. The lowest BCUT2D eigenvalue weighted by atomic mass is 10.2. The number of hydrogen-bond donors (Lipinski definition) is 1. The summed E-state index contributed by atoms with van der Waals surface area (Å²) in [6, 6.07) is 9.04. The highest BCUT2D eigenvalue weighted by molar-refractivity contribution is 6.06. The van der Waals surface area contributed by atoms with Gasteiger partial charge in [0.1, 0.15) is 0 Å². The van der Waals surface area contributed by atoms with Gasteiger partial charge in [-0.1, -0.05) is 6.07 Å². The standard InChI is InChI=1S/C16H13N5O2/c22-14-5-9-20(16(23)19-14)12-3-2-11-4-8-21(13(11)10-12)15-17-6-1-7-18-15/h1-4,6-8,10H,5,9H2,(H,19,22,23). The van der Waals surface area contributed by atoms with Gasteiger partial charge in [0.25, 0.3) is 0 Å². The summed E-state index contributed by atoms with van der Waals surface area (Å²) < 4.78 is 1.87. The number of imide groups is 1. The Hall–Kier alpha value is -3.22. The average Bonchev–Trinajstić information content (AvgIpc) is 2.99. The van der Waals surface area contributed by atoms with Crippen molar-refractivity contribution >= 4 is 28.5 Å². The zero-order valence-corrected chi connectivity index (χ0v) is 12.1. The van der Waals surface area contributed by atoms with Crippen LogP contribution in [-0.4, -0.2) is 33.0 Å². The number of nitrogens with zero attached hydrogens (tertiary/aromatic N) is 4. The van der Waals surface area contributed by atoms with Gasteiger partial charge in [-0.05, 0) is 24.3 Å². The van der Waals surface area contributed by atoms with E-state index in [0.717, 1.165) is 16.6 Å². The van der Waals surface area contributed by atoms with Gasteiger partial charge in [0, 0.05) is 42.6 Å². The van der Waals surface area contributed by atoms with Crippen LogP contribution in [0.3, 0.4) is 0 Å². The zero-order valence-electron chi connectivity index (χ0n) is 12.1. The van der Waals surface area contributed by atoms with Crippen LogP contribution >= 0.6 is 0 Å². The quantitative estimate of drug-likeness (QED) is 0.783. The number of anilines is 1. The molecule has 1 fully saturated rings. The van der Waals surface area contributed by atoms with Gasteiger partial charge in [-0.15, -0.1) is 0 Å². The number of nitrogens with one attached hydrogen (secondary N) is 1. The van der Waals surface area contributed by atoms with Gasteiger partial charge >= 0.3 is 6.03 Å². The van der Waals surface area contributed by atoms with Gasteiger partial charge in [-0.25, -0.2) is 14.8 Å². The molecule has 3 aromatic rings. The number of carbonyl (C=O) groups is 2. The number of hydrogen-bond acceptors (Lipinski definition) is 4. The molecule has 3 heterocycles. The SMILES string of the molecule is O=C1CCN(c2ccc3ccn(-c4ncccn4)c3c2)C(=O)N1. The topological polar surface area (TPSA) is 80.1 Å². The highest BCUT2D eigenvalue weighted by Crippen LogP contribution is 2.25. The number of rotatable bonds is 2. The lowest BCUT2D eigenvalue weighted by Crippen LogP contribution is -2.49. The summed E-state index contributed by atoms with van der Waals surface area (Å²) in [4.78, 5) is 33.3. The molecule has 23 heavy (non-hydrogen) atoms. The van der Waals surface area contributed by atoms with E-state index in [1.54, 1.807) is 23.4 Å². The van der Waals surface area contributed by atoms with E-state index >= 15 is 0 Å². The Bertz CT molecular complexity index is 903. The van der Waals surface area contributed by atoms with Crippen LogP contribution < -0.4 is 10.2 Å². The van der Waals surface area contributed by atoms with Crippen LogP contribution in [0.1, 0.15) is 6.42 Å². The minimum absolute atomic E-state index is 0.242. The third kappa shape index (κ3) is 2.32. The Morgan fingerprint density at radius 2 is 1.91 bits per heavy atom. The molecule has 1 aliphatic rings. The van der Waals surface area contributed by atoms with E-state index < -0.39 is 6.03 Å². The molecule has 7 heteroatoms. The van der Waals surface area contributed by atoms with Gasteiger partial charge in [-0.3, -0.25) is 19.6 Å². The van der Waals surface area contributed by atoms with Crippen molar-refractivity contribution in [2.75, 3.05) is 11.4 Å². The fraction of sp³-hybridized carbons (Fsp3) is 0.125. The Morgan fingerprint density at radius 1 is 1.09 bits per heavy atom. The second-order valence-corrected chi connectivity index (χ2v) is 5.23. The van der Waals surface area contributed by atoms with Crippen molar-refractivity contribution in [2.24, 2.45) is 0 Å². The maximum absolute atomic E-state index is 12.0. The van der Waals surface area contributed by atoms with E-state index in [4.69, 9.17) is 0 Å². The first-order valence-electron chi connectivity index (χ1n) is 7.22. The van der Waals surface area contributed by atoms with Crippen LogP contribution in [0.4, 0.5) is 10.5 Å². The molecule has 4 rings (SSSR count). The van der Waals surface area contributed by atoms with E-state index in [2.05, 4.69) is 15.3 Å². The van der Waals surface area contributed by atoms with Crippen LogP contribution in [0.15, 0.2) is 48.9 Å². The molecule has 0 saturated carbocycles. The predicted octanol–water partition coefficient (Wildman–Crippen LogP) is 1.87. The van der Waals surface area contributed by atoms with Crippen LogP contribution in [0.25, 0.3) is 16.9 Å². The molecule has 1 N–H and O–H groups in total. The largest absolute Gasteiger partial charge is 0.328 e. The molecule has 1 saturated heterocycles. The summed E-state index contributed by atoms with van der Waals surface area (Å²) in [6.45, 7) is 0.374. The molecule has 0 aliphatic carbocycles. The summed E-state index contributed by atoms with van der Waals surface area (Å²) in [6.07, 6.45) is 5.56. The van der Waals surface area contributed by atoms with Crippen molar-refractivity contribution in [1.82, 2.24) is 19.9 Å². The molecule has 0 atom stereocenters. The van der Waals surface area contributed by atoms with Crippen LogP contribution in [0.2, 0.25) is 0 Å². The Labute approximate surface area is 131 Å². The van der Waals surface area contributed by atoms with E-state index in [0.29, 0.717) is 18.9 Å². The molecular weight excluding hydrogens is 294 g/mol. The van der Waals surface area contributed by atoms with Crippen molar-refractivity contribution in [3.63, 3.8) is 0 Å². The summed E-state index contributed by atoms with van der Waals surface area (Å²) in [5.41, 5.74) is 1.64. The summed E-state index contributed by atoms with van der Waals surface area (Å²) in [5, 5.41) is 3.36. The first kappa shape index (κ1) is 13.4. The predicted molar refractivity (Wildman–Crippen MR) is 84.4 cm³/mol. The smallest absolute Gasteiger partial charge is 0.294 e. The Balaban J connectivity index is 1.78. The second kappa shape index (κ2) is 5.20. The van der Waals surface area contributed by atoms with Gasteiger partial charge in [0.05, 0.1) is 5.52 Å².